The maximum Gasteiger partial charge on any atom is 0.355 e. The normalized spacial score (nSPS) is 34.2. The number of fused-ring (bicyclic) bond motifs is 1. The van der Waals surface area contributed by atoms with Gasteiger partial charge in [-0.2, -0.15) is 0 Å². The smallest absolute Gasteiger partial charge is 0.355 e. The first-order valence-electron chi connectivity index (χ1n) is 7.97. The molecule has 3 heterocycles. The molecule has 1 spiro atoms. The average Bonchev–Trinajstić information content (AvgIpc) is 3.25. The summed E-state index contributed by atoms with van der Waals surface area (Å²) in [5.74, 6) is -1.16. The summed E-state index contributed by atoms with van der Waals surface area (Å²) in [6.07, 6.45) is 4.34. The summed E-state index contributed by atoms with van der Waals surface area (Å²) in [5, 5.41) is 0. The Bertz CT molecular complexity index is 728. The summed E-state index contributed by atoms with van der Waals surface area (Å²) >= 11 is 0. The maximum atomic E-state index is 13.3. The standard InChI is InChI=1S/C17H20NO5P/c1-21-24(20,22-2)16-17-9-8-13(23-17)10-14(17)15(19)18(16)11-12-6-4-3-5-7-12/h3-9,13-14,16H,10-11H2,1-2H3/t13-,14-,16-,17+/m0/s1. The summed E-state index contributed by atoms with van der Waals surface area (Å²) in [6, 6.07) is 9.63. The lowest BCUT2D eigenvalue weighted by Crippen LogP contribution is -2.44. The van der Waals surface area contributed by atoms with Gasteiger partial charge >= 0.3 is 7.60 Å². The number of benzene rings is 1. The molecule has 0 aliphatic carbocycles. The molecule has 0 aromatic heterocycles. The topological polar surface area (TPSA) is 65.1 Å². The third-order valence-electron chi connectivity index (χ3n) is 5.22. The van der Waals surface area contributed by atoms with Crippen molar-refractivity contribution in [2.45, 2.75) is 30.5 Å². The molecule has 0 radical (unpaired) electrons. The van der Waals surface area contributed by atoms with Crippen molar-refractivity contribution in [3.05, 3.63) is 48.0 Å². The van der Waals surface area contributed by atoms with Crippen LogP contribution >= 0.6 is 7.60 Å². The van der Waals surface area contributed by atoms with Crippen LogP contribution in [0.25, 0.3) is 0 Å². The minimum absolute atomic E-state index is 0.0509. The zero-order valence-electron chi connectivity index (χ0n) is 13.6. The van der Waals surface area contributed by atoms with E-state index in [0.29, 0.717) is 13.0 Å². The summed E-state index contributed by atoms with van der Waals surface area (Å²) in [7, 11) is -0.852. The highest BCUT2D eigenvalue weighted by Gasteiger charge is 2.70. The highest BCUT2D eigenvalue weighted by atomic mass is 31.2. The highest BCUT2D eigenvalue weighted by Crippen LogP contribution is 2.66. The third-order valence-corrected chi connectivity index (χ3v) is 7.52. The van der Waals surface area contributed by atoms with E-state index in [1.165, 1.54) is 14.2 Å². The van der Waals surface area contributed by atoms with Crippen molar-refractivity contribution in [1.82, 2.24) is 4.90 Å². The minimum atomic E-state index is -3.56. The second kappa shape index (κ2) is 5.53. The van der Waals surface area contributed by atoms with E-state index in [1.807, 2.05) is 42.5 Å². The van der Waals surface area contributed by atoms with Gasteiger partial charge < -0.3 is 18.7 Å². The molecule has 0 saturated carbocycles. The Morgan fingerprint density at radius 3 is 2.62 bits per heavy atom. The van der Waals surface area contributed by atoms with Gasteiger partial charge in [0.05, 0.1) is 12.0 Å². The van der Waals surface area contributed by atoms with E-state index in [0.717, 1.165) is 5.56 Å². The van der Waals surface area contributed by atoms with Crippen molar-refractivity contribution < 1.29 is 23.1 Å². The Morgan fingerprint density at radius 1 is 1.29 bits per heavy atom. The molecule has 2 bridgehead atoms. The molecule has 128 valence electrons. The van der Waals surface area contributed by atoms with Crippen LogP contribution in [0.2, 0.25) is 0 Å². The van der Waals surface area contributed by atoms with Gasteiger partial charge in [-0.05, 0) is 12.0 Å². The second-order valence-corrected chi connectivity index (χ2v) is 8.69. The molecule has 3 aliphatic rings. The molecule has 3 aliphatic heterocycles. The molecular weight excluding hydrogens is 329 g/mol. The molecule has 4 atom stereocenters. The molecule has 1 aromatic carbocycles. The zero-order chi connectivity index (χ0) is 16.9. The van der Waals surface area contributed by atoms with Gasteiger partial charge in [-0.15, -0.1) is 0 Å². The number of hydrogen-bond donors (Lipinski definition) is 0. The first-order chi connectivity index (χ1) is 11.5. The lowest BCUT2D eigenvalue weighted by molar-refractivity contribution is -0.132. The van der Waals surface area contributed by atoms with Gasteiger partial charge in [0.2, 0.25) is 5.91 Å². The van der Waals surface area contributed by atoms with Crippen LogP contribution in [-0.2, 0) is 29.7 Å². The van der Waals surface area contributed by atoms with E-state index < -0.39 is 19.0 Å². The van der Waals surface area contributed by atoms with Crippen molar-refractivity contribution in [1.29, 1.82) is 0 Å². The number of rotatable bonds is 5. The molecule has 4 rings (SSSR count). The Balaban J connectivity index is 1.78. The lowest BCUT2D eigenvalue weighted by Gasteiger charge is -2.36. The van der Waals surface area contributed by atoms with E-state index in [1.54, 1.807) is 4.90 Å². The Hall–Kier alpha value is -1.46. The number of carbonyl (C=O) groups excluding carboxylic acids is 1. The van der Waals surface area contributed by atoms with E-state index >= 15 is 0 Å². The Kier molecular flexibility index (Phi) is 3.69. The summed E-state index contributed by atoms with van der Waals surface area (Å²) in [4.78, 5) is 14.7. The fraction of sp³-hybridized carbons (Fsp3) is 0.471. The van der Waals surface area contributed by atoms with Crippen molar-refractivity contribution in [3.8, 4) is 0 Å². The van der Waals surface area contributed by atoms with Crippen molar-refractivity contribution in [2.24, 2.45) is 5.92 Å². The fourth-order valence-corrected chi connectivity index (χ4v) is 6.07. The molecule has 2 fully saturated rings. The van der Waals surface area contributed by atoms with Crippen molar-refractivity contribution in [3.63, 3.8) is 0 Å². The molecule has 1 aromatic rings. The third kappa shape index (κ3) is 2.07. The van der Waals surface area contributed by atoms with E-state index in [2.05, 4.69) is 0 Å². The van der Waals surface area contributed by atoms with Gasteiger partial charge in [0, 0.05) is 20.8 Å². The van der Waals surface area contributed by atoms with Crippen molar-refractivity contribution >= 4 is 13.5 Å². The van der Waals surface area contributed by atoms with Crippen LogP contribution in [0.4, 0.5) is 0 Å². The number of carbonyl (C=O) groups is 1. The number of hydrogen-bond acceptors (Lipinski definition) is 5. The van der Waals surface area contributed by atoms with Crippen LogP contribution in [0.1, 0.15) is 12.0 Å². The molecule has 2 saturated heterocycles. The van der Waals surface area contributed by atoms with Crippen molar-refractivity contribution in [2.75, 3.05) is 14.2 Å². The van der Waals surface area contributed by atoms with Gasteiger partial charge in [-0.25, -0.2) is 0 Å². The molecule has 6 nitrogen and oxygen atoms in total. The van der Waals surface area contributed by atoms with Gasteiger partial charge in [0.25, 0.3) is 0 Å². The SMILES string of the molecule is COP(=O)(OC)[C@@H]1N(Cc2ccccc2)C(=O)[C@@H]2C[C@@H]3C=C[C@]12O3. The molecule has 24 heavy (non-hydrogen) atoms. The Morgan fingerprint density at radius 2 is 2.00 bits per heavy atom. The van der Waals surface area contributed by atoms with Crippen LogP contribution in [-0.4, -0.2) is 42.5 Å². The monoisotopic (exact) mass is 349 g/mol. The van der Waals surface area contributed by atoms with Crippen LogP contribution < -0.4 is 0 Å². The van der Waals surface area contributed by atoms with Gasteiger partial charge in [0.15, 0.2) is 5.78 Å². The molecule has 0 N–H and O–H groups in total. The molecule has 1 amide bonds. The van der Waals surface area contributed by atoms with E-state index in [4.69, 9.17) is 13.8 Å². The van der Waals surface area contributed by atoms with Gasteiger partial charge in [-0.1, -0.05) is 42.5 Å². The predicted octanol–water partition coefficient (Wildman–Crippen LogP) is 2.55. The average molecular weight is 349 g/mol. The zero-order valence-corrected chi connectivity index (χ0v) is 14.5. The quantitative estimate of drug-likeness (QED) is 0.604. The number of likely N-dealkylation sites (tertiary alicyclic amines) is 1. The van der Waals surface area contributed by atoms with E-state index in [-0.39, 0.29) is 17.9 Å². The van der Waals surface area contributed by atoms with Crippen LogP contribution in [0.5, 0.6) is 0 Å². The van der Waals surface area contributed by atoms with Crippen LogP contribution in [0.3, 0.4) is 0 Å². The van der Waals surface area contributed by atoms with Gasteiger partial charge in [-0.3, -0.25) is 9.36 Å². The molecular formula is C17H20NO5P. The van der Waals surface area contributed by atoms with Crippen LogP contribution in [0.15, 0.2) is 42.5 Å². The molecule has 7 heteroatoms. The highest BCUT2D eigenvalue weighted by molar-refractivity contribution is 7.54. The molecule has 0 unspecified atom stereocenters. The maximum absolute atomic E-state index is 13.3. The number of nitrogens with zero attached hydrogens (tertiary/aromatic N) is 1. The minimum Gasteiger partial charge on any atom is -0.360 e. The first-order valence-corrected chi connectivity index (χ1v) is 9.58. The lowest BCUT2D eigenvalue weighted by atomic mass is 9.85. The summed E-state index contributed by atoms with van der Waals surface area (Å²) in [5.41, 5.74) is 0.0439. The number of ether oxygens (including phenoxy) is 1. The summed E-state index contributed by atoms with van der Waals surface area (Å²) in [6.45, 7) is 0.348. The largest absolute Gasteiger partial charge is 0.360 e. The fourth-order valence-electron chi connectivity index (χ4n) is 4.16. The summed E-state index contributed by atoms with van der Waals surface area (Å²) < 4.78 is 29.9. The second-order valence-electron chi connectivity index (χ2n) is 6.39. The Labute approximate surface area is 140 Å². The van der Waals surface area contributed by atoms with Crippen LogP contribution in [0, 0.1) is 5.92 Å². The van der Waals surface area contributed by atoms with E-state index in [9.17, 15) is 9.36 Å². The van der Waals surface area contributed by atoms with Gasteiger partial charge in [0.1, 0.15) is 5.60 Å². The first kappa shape index (κ1) is 16.0. The number of amides is 1. The predicted molar refractivity (Wildman–Crippen MR) is 87.3 cm³/mol.